The molecular formula is C31H27N5O4S. The molecule has 0 aliphatic heterocycles. The van der Waals surface area contributed by atoms with Crippen molar-refractivity contribution in [2.45, 2.75) is 18.7 Å². The number of nitrogens with one attached hydrogen (secondary N) is 1. The SMILES string of the molecule is Cc1ccc(S(=O)(=O)n2c(-c3ncc(C)[nH]3)cc3c(-c4cc(=O)n(C)cc4-c4ccccc4)cn(C)c(=O)c32)cc1. The molecule has 41 heavy (non-hydrogen) atoms. The molecule has 0 saturated heterocycles. The molecule has 206 valence electrons. The second-order valence-electron chi connectivity index (χ2n) is 10.2. The van der Waals surface area contributed by atoms with Crippen molar-refractivity contribution in [3.05, 3.63) is 117 Å². The summed E-state index contributed by atoms with van der Waals surface area (Å²) in [6.45, 7) is 3.68. The minimum Gasteiger partial charge on any atom is -0.341 e. The molecule has 0 radical (unpaired) electrons. The lowest BCUT2D eigenvalue weighted by Crippen LogP contribution is -2.23. The molecule has 4 heterocycles. The molecule has 0 unspecified atom stereocenters. The van der Waals surface area contributed by atoms with Gasteiger partial charge < -0.3 is 14.1 Å². The lowest BCUT2D eigenvalue weighted by molar-refractivity contribution is 0.589. The maximum atomic E-state index is 14.2. The predicted molar refractivity (Wildman–Crippen MR) is 159 cm³/mol. The molecule has 6 aromatic rings. The standard InChI is InChI=1S/C31H27N5O4S/c1-19-10-12-22(13-11-19)41(39,40)36-27(30-32-16-20(2)33-30)14-24-26(18-35(4)31(38)29(24)36)23-15-28(37)34(3)17-25(23)21-8-6-5-7-9-21/h5-18H,1-4H3,(H,32,33). The van der Waals surface area contributed by atoms with E-state index in [-0.39, 0.29) is 21.7 Å². The van der Waals surface area contributed by atoms with Crippen LogP contribution in [0.2, 0.25) is 0 Å². The maximum Gasteiger partial charge on any atom is 0.275 e. The van der Waals surface area contributed by atoms with E-state index >= 15 is 0 Å². The second kappa shape index (κ2) is 9.60. The molecule has 6 rings (SSSR count). The van der Waals surface area contributed by atoms with E-state index in [0.717, 1.165) is 26.4 Å². The summed E-state index contributed by atoms with van der Waals surface area (Å²) < 4.78 is 32.4. The number of pyridine rings is 2. The number of hydrogen-bond donors (Lipinski definition) is 1. The largest absolute Gasteiger partial charge is 0.341 e. The highest BCUT2D eigenvalue weighted by Crippen LogP contribution is 2.38. The summed E-state index contributed by atoms with van der Waals surface area (Å²) in [6, 6.07) is 19.2. The Morgan fingerprint density at radius 3 is 2.15 bits per heavy atom. The van der Waals surface area contributed by atoms with Crippen molar-refractivity contribution in [2.24, 2.45) is 14.1 Å². The van der Waals surface area contributed by atoms with E-state index in [2.05, 4.69) is 9.97 Å². The Bertz CT molecular complexity index is 2190. The van der Waals surface area contributed by atoms with Crippen LogP contribution in [0.3, 0.4) is 0 Å². The van der Waals surface area contributed by atoms with Crippen molar-refractivity contribution in [3.8, 4) is 33.8 Å². The smallest absolute Gasteiger partial charge is 0.275 e. The fourth-order valence-electron chi connectivity index (χ4n) is 5.08. The van der Waals surface area contributed by atoms with Gasteiger partial charge in [0.15, 0.2) is 5.82 Å². The molecule has 0 saturated carbocycles. The quantitative estimate of drug-likeness (QED) is 0.328. The number of H-pyrrole nitrogens is 1. The lowest BCUT2D eigenvalue weighted by Gasteiger charge is -2.15. The summed E-state index contributed by atoms with van der Waals surface area (Å²) in [5.74, 6) is 0.301. The first-order valence-corrected chi connectivity index (χ1v) is 14.4. The maximum absolute atomic E-state index is 14.2. The van der Waals surface area contributed by atoms with Gasteiger partial charge in [0.25, 0.3) is 21.1 Å². The van der Waals surface area contributed by atoms with Crippen molar-refractivity contribution in [3.63, 3.8) is 0 Å². The van der Waals surface area contributed by atoms with Crippen molar-refractivity contribution in [2.75, 3.05) is 0 Å². The van der Waals surface area contributed by atoms with Gasteiger partial charge in [-0.25, -0.2) is 17.4 Å². The second-order valence-corrected chi connectivity index (χ2v) is 12.0. The van der Waals surface area contributed by atoms with Crippen LogP contribution in [0.5, 0.6) is 0 Å². The number of nitrogens with zero attached hydrogens (tertiary/aromatic N) is 4. The van der Waals surface area contributed by atoms with Crippen LogP contribution in [0.25, 0.3) is 44.7 Å². The molecule has 1 N–H and O–H groups in total. The molecule has 0 bridgehead atoms. The monoisotopic (exact) mass is 565 g/mol. The summed E-state index contributed by atoms with van der Waals surface area (Å²) >= 11 is 0. The Morgan fingerprint density at radius 2 is 1.49 bits per heavy atom. The summed E-state index contributed by atoms with van der Waals surface area (Å²) in [5, 5.41) is 0.387. The van der Waals surface area contributed by atoms with E-state index in [1.54, 1.807) is 50.9 Å². The molecule has 0 atom stereocenters. The predicted octanol–water partition coefficient (Wildman–Crippen LogP) is 4.62. The van der Waals surface area contributed by atoms with Crippen molar-refractivity contribution in [1.82, 2.24) is 23.1 Å². The first kappa shape index (κ1) is 26.3. The van der Waals surface area contributed by atoms with Gasteiger partial charge >= 0.3 is 0 Å². The highest BCUT2D eigenvalue weighted by molar-refractivity contribution is 7.90. The Hall–Kier alpha value is -4.96. The Labute approximate surface area is 236 Å². The van der Waals surface area contributed by atoms with Crippen LogP contribution in [0.15, 0.2) is 99.8 Å². The normalized spacial score (nSPS) is 11.8. The number of hydrogen-bond acceptors (Lipinski definition) is 5. The van der Waals surface area contributed by atoms with Gasteiger partial charge in [-0.3, -0.25) is 9.59 Å². The fourth-order valence-corrected chi connectivity index (χ4v) is 6.58. The highest BCUT2D eigenvalue weighted by atomic mass is 32.2. The van der Waals surface area contributed by atoms with Gasteiger partial charge in [-0.1, -0.05) is 48.0 Å². The zero-order valence-corrected chi connectivity index (χ0v) is 23.7. The number of aryl methyl sites for hydroxylation is 4. The molecule has 0 aliphatic carbocycles. The third-order valence-electron chi connectivity index (χ3n) is 7.20. The molecule has 0 fully saturated rings. The van der Waals surface area contributed by atoms with Gasteiger partial charge in [0.2, 0.25) is 0 Å². The first-order chi connectivity index (χ1) is 19.6. The molecule has 2 aromatic carbocycles. The summed E-state index contributed by atoms with van der Waals surface area (Å²) in [5.41, 5.74) is 3.82. The van der Waals surface area contributed by atoms with Crippen LogP contribution < -0.4 is 11.1 Å². The number of aromatic nitrogens is 5. The van der Waals surface area contributed by atoms with E-state index in [4.69, 9.17) is 0 Å². The average molecular weight is 566 g/mol. The number of benzene rings is 2. The Balaban J connectivity index is 1.77. The van der Waals surface area contributed by atoms with Gasteiger partial charge in [0, 0.05) is 61.0 Å². The minimum absolute atomic E-state index is 0.0330. The summed E-state index contributed by atoms with van der Waals surface area (Å²) in [7, 11) is -0.998. The first-order valence-electron chi connectivity index (χ1n) is 12.9. The molecule has 4 aromatic heterocycles. The van der Waals surface area contributed by atoms with Crippen LogP contribution in [-0.4, -0.2) is 31.5 Å². The average Bonchev–Trinajstić information content (AvgIpc) is 3.57. The minimum atomic E-state index is -4.25. The third-order valence-corrected chi connectivity index (χ3v) is 8.93. The highest BCUT2D eigenvalue weighted by Gasteiger charge is 2.29. The molecule has 0 spiro atoms. The van der Waals surface area contributed by atoms with E-state index < -0.39 is 15.6 Å². The van der Waals surface area contributed by atoms with E-state index in [1.807, 2.05) is 44.2 Å². The van der Waals surface area contributed by atoms with Gasteiger partial charge in [-0.05, 0) is 43.2 Å². The zero-order valence-electron chi connectivity index (χ0n) is 22.9. The number of fused-ring (bicyclic) bond motifs is 1. The molecule has 0 amide bonds. The molecule has 10 heteroatoms. The third kappa shape index (κ3) is 4.33. The van der Waals surface area contributed by atoms with E-state index in [0.29, 0.717) is 22.3 Å². The van der Waals surface area contributed by atoms with Crippen molar-refractivity contribution >= 4 is 20.9 Å². The summed E-state index contributed by atoms with van der Waals surface area (Å²) in [4.78, 5) is 34.3. The zero-order chi connectivity index (χ0) is 29.1. The number of imidazole rings is 1. The Morgan fingerprint density at radius 1 is 0.805 bits per heavy atom. The number of aromatic amines is 1. The van der Waals surface area contributed by atoms with E-state index in [1.165, 1.54) is 27.3 Å². The van der Waals surface area contributed by atoms with Crippen LogP contribution in [0, 0.1) is 13.8 Å². The van der Waals surface area contributed by atoms with Crippen LogP contribution in [0.1, 0.15) is 11.3 Å². The van der Waals surface area contributed by atoms with Crippen LogP contribution >= 0.6 is 0 Å². The molecule has 9 nitrogen and oxygen atoms in total. The fraction of sp³-hybridized carbons (Fsp3) is 0.129. The van der Waals surface area contributed by atoms with Gasteiger partial charge in [0.1, 0.15) is 11.2 Å². The molecular weight excluding hydrogens is 538 g/mol. The number of rotatable bonds is 5. The topological polar surface area (TPSA) is 112 Å². The van der Waals surface area contributed by atoms with Gasteiger partial charge in [0.05, 0.1) is 4.90 Å². The van der Waals surface area contributed by atoms with Crippen LogP contribution in [-0.2, 0) is 24.1 Å². The van der Waals surface area contributed by atoms with Crippen molar-refractivity contribution in [1.29, 1.82) is 0 Å². The molecule has 0 aliphatic rings. The van der Waals surface area contributed by atoms with E-state index in [9.17, 15) is 18.0 Å². The van der Waals surface area contributed by atoms with Gasteiger partial charge in [-0.2, -0.15) is 0 Å². The Kier molecular flexibility index (Phi) is 6.15. The van der Waals surface area contributed by atoms with Crippen LogP contribution in [0.4, 0.5) is 0 Å². The van der Waals surface area contributed by atoms with Gasteiger partial charge in [-0.15, -0.1) is 0 Å². The lowest BCUT2D eigenvalue weighted by atomic mass is 9.95. The van der Waals surface area contributed by atoms with Crippen molar-refractivity contribution < 1.29 is 8.42 Å². The summed E-state index contributed by atoms with van der Waals surface area (Å²) in [6.07, 6.45) is 5.00.